The number of hydrogen-bond acceptors (Lipinski definition) is 5. The van der Waals surface area contributed by atoms with Crippen molar-refractivity contribution in [2.24, 2.45) is 11.8 Å². The maximum atomic E-state index is 12.7. The molecule has 0 fully saturated rings. The van der Waals surface area contributed by atoms with E-state index >= 15 is 0 Å². The van der Waals surface area contributed by atoms with Crippen LogP contribution in [0.3, 0.4) is 0 Å². The number of amides is 2. The summed E-state index contributed by atoms with van der Waals surface area (Å²) in [6.07, 6.45) is 0. The fourth-order valence-corrected chi connectivity index (χ4v) is 2.50. The van der Waals surface area contributed by atoms with Crippen LogP contribution in [-0.4, -0.2) is 43.6 Å². The molecule has 7 nitrogen and oxygen atoms in total. The second-order valence-corrected chi connectivity index (χ2v) is 6.91. The van der Waals surface area contributed by atoms with Gasteiger partial charge >= 0.3 is 5.97 Å². The predicted molar refractivity (Wildman–Crippen MR) is 102 cm³/mol. The summed E-state index contributed by atoms with van der Waals surface area (Å²) in [5.41, 5.74) is 0.422. The highest BCUT2D eigenvalue weighted by molar-refractivity contribution is 5.98. The van der Waals surface area contributed by atoms with Gasteiger partial charge in [0.2, 0.25) is 5.91 Å². The highest BCUT2D eigenvalue weighted by Crippen LogP contribution is 2.13. The summed E-state index contributed by atoms with van der Waals surface area (Å²) in [5, 5.41) is 5.42. The van der Waals surface area contributed by atoms with Gasteiger partial charge in [-0.3, -0.25) is 9.59 Å². The molecule has 0 saturated heterocycles. The number of hydrogen-bond donors (Lipinski definition) is 2. The van der Waals surface area contributed by atoms with Crippen LogP contribution in [0, 0.1) is 11.8 Å². The Morgan fingerprint density at radius 2 is 1.48 bits per heavy atom. The number of esters is 1. The average molecular weight is 378 g/mol. The molecule has 2 N–H and O–H groups in total. The minimum absolute atomic E-state index is 0.143. The minimum atomic E-state index is -0.782. The molecule has 0 aliphatic heterocycles. The van der Waals surface area contributed by atoms with E-state index < -0.39 is 24.0 Å². The smallest absolute Gasteiger partial charge is 0.328 e. The van der Waals surface area contributed by atoms with Gasteiger partial charge in [-0.05, 0) is 43.0 Å². The molecule has 0 bridgehead atoms. The standard InChI is InChI=1S/C20H30N2O5/c1-7-27-15-10-8-14(9-11-15)18(23)21-16(12(2)3)19(24)22-17(13(4)5)20(25)26-6/h8-13,16-17H,7H2,1-6H3,(H,21,23)(H,22,24)/t16-,17-/m0/s1. The van der Waals surface area contributed by atoms with E-state index in [4.69, 9.17) is 9.47 Å². The number of carbonyl (C=O) groups is 3. The van der Waals surface area contributed by atoms with E-state index in [1.54, 1.807) is 24.3 Å². The van der Waals surface area contributed by atoms with Crippen LogP contribution in [0.25, 0.3) is 0 Å². The molecule has 150 valence electrons. The lowest BCUT2D eigenvalue weighted by molar-refractivity contribution is -0.146. The van der Waals surface area contributed by atoms with Gasteiger partial charge in [0.05, 0.1) is 13.7 Å². The van der Waals surface area contributed by atoms with Crippen LogP contribution in [-0.2, 0) is 14.3 Å². The van der Waals surface area contributed by atoms with Crippen LogP contribution in [0.15, 0.2) is 24.3 Å². The van der Waals surface area contributed by atoms with E-state index in [2.05, 4.69) is 10.6 Å². The summed E-state index contributed by atoms with van der Waals surface area (Å²) >= 11 is 0. The molecule has 0 radical (unpaired) electrons. The number of ether oxygens (including phenoxy) is 2. The quantitative estimate of drug-likeness (QED) is 0.642. The van der Waals surface area contributed by atoms with Crippen molar-refractivity contribution in [3.05, 3.63) is 29.8 Å². The van der Waals surface area contributed by atoms with Crippen LogP contribution in [0.1, 0.15) is 45.0 Å². The highest BCUT2D eigenvalue weighted by atomic mass is 16.5. The maximum Gasteiger partial charge on any atom is 0.328 e. The Balaban J connectivity index is 2.86. The molecule has 0 aliphatic rings. The summed E-state index contributed by atoms with van der Waals surface area (Å²) < 4.78 is 10.1. The molecule has 0 aromatic heterocycles. The Morgan fingerprint density at radius 3 is 1.93 bits per heavy atom. The van der Waals surface area contributed by atoms with Gasteiger partial charge in [-0.15, -0.1) is 0 Å². The fourth-order valence-electron chi connectivity index (χ4n) is 2.50. The van der Waals surface area contributed by atoms with Crippen LogP contribution in [0.5, 0.6) is 5.75 Å². The van der Waals surface area contributed by atoms with Crippen molar-refractivity contribution in [2.75, 3.05) is 13.7 Å². The second-order valence-electron chi connectivity index (χ2n) is 6.91. The Kier molecular flexibility index (Phi) is 8.78. The third-order valence-electron chi connectivity index (χ3n) is 4.08. The fraction of sp³-hybridized carbons (Fsp3) is 0.550. The van der Waals surface area contributed by atoms with E-state index in [0.717, 1.165) is 0 Å². The highest BCUT2D eigenvalue weighted by Gasteiger charge is 2.31. The van der Waals surface area contributed by atoms with Crippen molar-refractivity contribution >= 4 is 17.8 Å². The lowest BCUT2D eigenvalue weighted by Gasteiger charge is -2.26. The Labute approximate surface area is 160 Å². The molecule has 0 spiro atoms. The third-order valence-corrected chi connectivity index (χ3v) is 4.08. The summed E-state index contributed by atoms with van der Waals surface area (Å²) in [7, 11) is 1.28. The Bertz CT molecular complexity index is 640. The number of nitrogens with one attached hydrogen (secondary N) is 2. The van der Waals surface area contributed by atoms with Crippen molar-refractivity contribution in [3.8, 4) is 5.75 Å². The van der Waals surface area contributed by atoms with E-state index in [0.29, 0.717) is 17.9 Å². The van der Waals surface area contributed by atoms with Crippen LogP contribution >= 0.6 is 0 Å². The molecule has 2 amide bonds. The summed E-state index contributed by atoms with van der Waals surface area (Å²) in [6.45, 7) is 9.69. The van der Waals surface area contributed by atoms with Crippen molar-refractivity contribution in [2.45, 2.75) is 46.7 Å². The van der Waals surface area contributed by atoms with Crippen LogP contribution in [0.4, 0.5) is 0 Å². The first-order valence-electron chi connectivity index (χ1n) is 9.13. The van der Waals surface area contributed by atoms with Crippen LogP contribution in [0.2, 0.25) is 0 Å². The van der Waals surface area contributed by atoms with Gasteiger partial charge < -0.3 is 20.1 Å². The number of methoxy groups -OCH3 is 1. The van der Waals surface area contributed by atoms with Gasteiger partial charge in [-0.2, -0.15) is 0 Å². The minimum Gasteiger partial charge on any atom is -0.494 e. The third kappa shape index (κ3) is 6.58. The first kappa shape index (κ1) is 22.5. The molecule has 2 atom stereocenters. The molecule has 1 aromatic rings. The van der Waals surface area contributed by atoms with E-state index in [1.807, 2.05) is 34.6 Å². The lowest BCUT2D eigenvalue weighted by atomic mass is 10.00. The lowest BCUT2D eigenvalue weighted by Crippen LogP contribution is -2.55. The van der Waals surface area contributed by atoms with Crippen molar-refractivity contribution in [1.29, 1.82) is 0 Å². The molecule has 0 saturated carbocycles. The number of benzene rings is 1. The molecular formula is C20H30N2O5. The Hall–Kier alpha value is -2.57. The topological polar surface area (TPSA) is 93.7 Å². The van der Waals surface area contributed by atoms with E-state index in [1.165, 1.54) is 7.11 Å². The predicted octanol–water partition coefficient (Wildman–Crippen LogP) is 2.15. The number of carbonyl (C=O) groups excluding carboxylic acids is 3. The molecule has 1 rings (SSSR count). The van der Waals surface area contributed by atoms with Crippen LogP contribution < -0.4 is 15.4 Å². The molecule has 27 heavy (non-hydrogen) atoms. The molecule has 0 unspecified atom stereocenters. The van der Waals surface area contributed by atoms with Crippen molar-refractivity contribution in [3.63, 3.8) is 0 Å². The second kappa shape index (κ2) is 10.5. The van der Waals surface area contributed by atoms with Gasteiger partial charge in [0, 0.05) is 5.56 Å². The summed E-state index contributed by atoms with van der Waals surface area (Å²) in [5.74, 6) is -0.943. The molecule has 0 heterocycles. The van der Waals surface area contributed by atoms with Gasteiger partial charge in [-0.1, -0.05) is 27.7 Å². The first-order valence-corrected chi connectivity index (χ1v) is 9.13. The largest absolute Gasteiger partial charge is 0.494 e. The van der Waals surface area contributed by atoms with Gasteiger partial charge in [-0.25, -0.2) is 4.79 Å². The monoisotopic (exact) mass is 378 g/mol. The summed E-state index contributed by atoms with van der Waals surface area (Å²) in [6, 6.07) is 5.13. The molecule has 1 aromatic carbocycles. The van der Waals surface area contributed by atoms with Gasteiger partial charge in [0.25, 0.3) is 5.91 Å². The van der Waals surface area contributed by atoms with Crippen molar-refractivity contribution in [1.82, 2.24) is 10.6 Å². The number of rotatable bonds is 9. The van der Waals surface area contributed by atoms with E-state index in [-0.39, 0.29) is 17.7 Å². The first-order chi connectivity index (χ1) is 12.7. The zero-order valence-corrected chi connectivity index (χ0v) is 16.9. The van der Waals surface area contributed by atoms with Crippen molar-refractivity contribution < 1.29 is 23.9 Å². The molecule has 0 aliphatic carbocycles. The summed E-state index contributed by atoms with van der Waals surface area (Å²) in [4.78, 5) is 37.1. The Morgan fingerprint density at radius 1 is 0.926 bits per heavy atom. The maximum absolute atomic E-state index is 12.7. The SMILES string of the molecule is CCOc1ccc(C(=O)N[C@H](C(=O)N[C@H](C(=O)OC)C(C)C)C(C)C)cc1. The van der Waals surface area contributed by atoms with E-state index in [9.17, 15) is 14.4 Å². The average Bonchev–Trinajstić information content (AvgIpc) is 2.63. The normalized spacial score (nSPS) is 13.0. The van der Waals surface area contributed by atoms with Gasteiger partial charge in [0.1, 0.15) is 17.8 Å². The molecular weight excluding hydrogens is 348 g/mol. The zero-order chi connectivity index (χ0) is 20.6. The molecule has 7 heteroatoms. The zero-order valence-electron chi connectivity index (χ0n) is 16.9. The van der Waals surface area contributed by atoms with Gasteiger partial charge in [0.15, 0.2) is 0 Å².